The lowest BCUT2D eigenvalue weighted by atomic mass is 10.1. The zero-order chi connectivity index (χ0) is 14.7. The van der Waals surface area contributed by atoms with Crippen LogP contribution in [0.1, 0.15) is 10.4 Å². The first-order valence-corrected chi connectivity index (χ1v) is 6.40. The van der Waals surface area contributed by atoms with Crippen LogP contribution in [-0.4, -0.2) is 13.0 Å². The predicted molar refractivity (Wildman–Crippen MR) is 75.0 cm³/mol. The first-order valence-electron chi connectivity index (χ1n) is 5.61. The Balaban J connectivity index is 2.28. The molecule has 0 aromatic heterocycles. The molecule has 1 amide bonds. The van der Waals surface area contributed by atoms with E-state index in [0.29, 0.717) is 11.4 Å². The Bertz CT molecular complexity index is 638. The zero-order valence-corrected chi connectivity index (χ0v) is 12.0. The fourth-order valence-corrected chi connectivity index (χ4v) is 2.06. The normalized spacial score (nSPS) is 10.2. The van der Waals surface area contributed by atoms with E-state index in [1.54, 1.807) is 24.3 Å². The van der Waals surface area contributed by atoms with Gasteiger partial charge in [-0.2, -0.15) is 0 Å². The van der Waals surface area contributed by atoms with Gasteiger partial charge in [0.05, 0.1) is 7.11 Å². The highest BCUT2D eigenvalue weighted by atomic mass is 79.9. The van der Waals surface area contributed by atoms with Crippen molar-refractivity contribution in [2.75, 3.05) is 12.4 Å². The van der Waals surface area contributed by atoms with Gasteiger partial charge in [-0.3, -0.25) is 4.79 Å². The van der Waals surface area contributed by atoms with E-state index in [0.717, 1.165) is 12.1 Å². The van der Waals surface area contributed by atoms with E-state index < -0.39 is 23.1 Å². The van der Waals surface area contributed by atoms with Crippen LogP contribution in [0.4, 0.5) is 14.5 Å². The molecule has 6 heteroatoms. The first kappa shape index (κ1) is 14.5. The summed E-state index contributed by atoms with van der Waals surface area (Å²) >= 11 is 2.95. The van der Waals surface area contributed by atoms with E-state index in [1.165, 1.54) is 7.11 Å². The Morgan fingerprint density at radius 3 is 2.45 bits per heavy atom. The van der Waals surface area contributed by atoms with Crippen molar-refractivity contribution in [3.8, 4) is 5.75 Å². The average Bonchev–Trinajstić information content (AvgIpc) is 2.37. The summed E-state index contributed by atoms with van der Waals surface area (Å²) in [7, 11) is 1.48. The van der Waals surface area contributed by atoms with Gasteiger partial charge in [-0.25, -0.2) is 8.78 Å². The van der Waals surface area contributed by atoms with Crippen molar-refractivity contribution in [3.05, 3.63) is 58.1 Å². The van der Waals surface area contributed by atoms with Crippen molar-refractivity contribution in [2.45, 2.75) is 0 Å². The minimum absolute atomic E-state index is 0.227. The molecule has 1 N–H and O–H groups in total. The summed E-state index contributed by atoms with van der Waals surface area (Å²) in [5.41, 5.74) is -0.243. The number of anilines is 1. The van der Waals surface area contributed by atoms with Crippen LogP contribution in [0.2, 0.25) is 0 Å². The van der Waals surface area contributed by atoms with Crippen molar-refractivity contribution >= 4 is 27.5 Å². The number of amides is 1. The highest BCUT2D eigenvalue weighted by molar-refractivity contribution is 9.10. The van der Waals surface area contributed by atoms with Gasteiger partial charge in [-0.1, -0.05) is 22.0 Å². The summed E-state index contributed by atoms with van der Waals surface area (Å²) < 4.78 is 32.5. The van der Waals surface area contributed by atoms with Gasteiger partial charge in [0, 0.05) is 16.2 Å². The Kier molecular flexibility index (Phi) is 4.34. The number of ether oxygens (including phenoxy) is 1. The molecule has 0 aliphatic rings. The molecule has 0 spiro atoms. The van der Waals surface area contributed by atoms with Crippen LogP contribution in [-0.2, 0) is 0 Å². The van der Waals surface area contributed by atoms with Crippen LogP contribution >= 0.6 is 15.9 Å². The fourth-order valence-electron chi connectivity index (χ4n) is 1.65. The molecule has 0 radical (unpaired) electrons. The quantitative estimate of drug-likeness (QED) is 0.916. The maximum absolute atomic E-state index is 13.7. The average molecular weight is 342 g/mol. The van der Waals surface area contributed by atoms with Gasteiger partial charge in [-0.15, -0.1) is 0 Å². The second kappa shape index (κ2) is 6.00. The predicted octanol–water partition coefficient (Wildman–Crippen LogP) is 3.99. The Labute approximate surface area is 122 Å². The maximum atomic E-state index is 13.7. The number of methoxy groups -OCH3 is 1. The molecule has 0 heterocycles. The number of carbonyl (C=O) groups excluding carboxylic acids is 1. The fraction of sp³-hybridized carbons (Fsp3) is 0.0714. The third-order valence-corrected chi connectivity index (χ3v) is 3.02. The third kappa shape index (κ3) is 3.14. The van der Waals surface area contributed by atoms with E-state index in [9.17, 15) is 13.6 Å². The summed E-state index contributed by atoms with van der Waals surface area (Å²) in [5.74, 6) is -2.20. The molecule has 104 valence electrons. The van der Waals surface area contributed by atoms with Crippen LogP contribution in [0, 0.1) is 11.6 Å². The first-order chi connectivity index (χ1) is 9.51. The topological polar surface area (TPSA) is 38.3 Å². The van der Waals surface area contributed by atoms with Gasteiger partial charge in [-0.05, 0) is 24.3 Å². The van der Waals surface area contributed by atoms with Gasteiger partial charge >= 0.3 is 0 Å². The lowest BCUT2D eigenvalue weighted by Crippen LogP contribution is -2.16. The minimum atomic E-state index is -0.933. The molecule has 20 heavy (non-hydrogen) atoms. The van der Waals surface area contributed by atoms with Crippen LogP contribution in [0.3, 0.4) is 0 Å². The molecule has 2 rings (SSSR count). The SMILES string of the molecule is COc1cccc(NC(=O)c2c(F)cc(Br)cc2F)c1. The highest BCUT2D eigenvalue weighted by Crippen LogP contribution is 2.22. The molecule has 0 unspecified atom stereocenters. The molecule has 2 aromatic carbocycles. The van der Waals surface area contributed by atoms with Crippen molar-refractivity contribution in [1.82, 2.24) is 0 Å². The summed E-state index contributed by atoms with van der Waals surface area (Å²) in [6, 6.07) is 8.55. The lowest BCUT2D eigenvalue weighted by Gasteiger charge is -2.08. The van der Waals surface area contributed by atoms with Crippen molar-refractivity contribution in [2.24, 2.45) is 0 Å². The van der Waals surface area contributed by atoms with Crippen molar-refractivity contribution in [3.63, 3.8) is 0 Å². The van der Waals surface area contributed by atoms with E-state index in [-0.39, 0.29) is 4.47 Å². The molecule has 0 fully saturated rings. The van der Waals surface area contributed by atoms with Gasteiger partial charge in [0.1, 0.15) is 22.9 Å². The summed E-state index contributed by atoms with van der Waals surface area (Å²) in [6.45, 7) is 0. The van der Waals surface area contributed by atoms with Crippen LogP contribution in [0.5, 0.6) is 5.75 Å². The van der Waals surface area contributed by atoms with E-state index >= 15 is 0 Å². The molecular formula is C14H10BrF2NO2. The van der Waals surface area contributed by atoms with E-state index in [2.05, 4.69) is 21.2 Å². The molecule has 0 atom stereocenters. The largest absolute Gasteiger partial charge is 0.497 e. The van der Waals surface area contributed by atoms with Gasteiger partial charge in [0.2, 0.25) is 0 Å². The van der Waals surface area contributed by atoms with E-state index in [4.69, 9.17) is 4.74 Å². The number of benzene rings is 2. The maximum Gasteiger partial charge on any atom is 0.261 e. The second-order valence-corrected chi connectivity index (χ2v) is 4.85. The van der Waals surface area contributed by atoms with Gasteiger partial charge in [0.15, 0.2) is 0 Å². The summed E-state index contributed by atoms with van der Waals surface area (Å²) in [6.07, 6.45) is 0. The van der Waals surface area contributed by atoms with Crippen LogP contribution in [0.15, 0.2) is 40.9 Å². The summed E-state index contributed by atoms with van der Waals surface area (Å²) in [5, 5.41) is 2.42. The van der Waals surface area contributed by atoms with Crippen LogP contribution in [0.25, 0.3) is 0 Å². The Morgan fingerprint density at radius 1 is 1.20 bits per heavy atom. The van der Waals surface area contributed by atoms with Crippen molar-refractivity contribution in [1.29, 1.82) is 0 Å². The zero-order valence-electron chi connectivity index (χ0n) is 10.4. The Hall–Kier alpha value is -1.95. The molecule has 0 saturated carbocycles. The summed E-state index contributed by atoms with van der Waals surface area (Å²) in [4.78, 5) is 11.9. The third-order valence-electron chi connectivity index (χ3n) is 2.56. The van der Waals surface area contributed by atoms with Gasteiger partial charge < -0.3 is 10.1 Å². The molecule has 3 nitrogen and oxygen atoms in total. The lowest BCUT2D eigenvalue weighted by molar-refractivity contribution is 0.101. The number of nitrogens with one attached hydrogen (secondary N) is 1. The monoisotopic (exact) mass is 341 g/mol. The molecule has 0 aliphatic carbocycles. The number of halogens is 3. The second-order valence-electron chi connectivity index (χ2n) is 3.93. The Morgan fingerprint density at radius 2 is 1.85 bits per heavy atom. The number of rotatable bonds is 3. The highest BCUT2D eigenvalue weighted by Gasteiger charge is 2.18. The van der Waals surface area contributed by atoms with Gasteiger partial charge in [0.25, 0.3) is 5.91 Å². The van der Waals surface area contributed by atoms with Crippen molar-refractivity contribution < 1.29 is 18.3 Å². The number of hydrogen-bond donors (Lipinski definition) is 1. The number of hydrogen-bond acceptors (Lipinski definition) is 2. The molecule has 2 aromatic rings. The smallest absolute Gasteiger partial charge is 0.261 e. The molecule has 0 aliphatic heterocycles. The van der Waals surface area contributed by atoms with E-state index in [1.807, 2.05) is 0 Å². The minimum Gasteiger partial charge on any atom is -0.497 e. The molecule has 0 bridgehead atoms. The molecule has 0 saturated heterocycles. The standard InChI is InChI=1S/C14H10BrF2NO2/c1-20-10-4-2-3-9(7-10)18-14(19)13-11(16)5-8(15)6-12(13)17/h2-7H,1H3,(H,18,19). The molecular weight excluding hydrogens is 332 g/mol. The number of carbonyl (C=O) groups is 1. The van der Waals surface area contributed by atoms with Crippen LogP contribution < -0.4 is 10.1 Å².